The number of phenolic OH excluding ortho intramolecular Hbond substituents is 1. The maximum absolute atomic E-state index is 12.2. The van der Waals surface area contributed by atoms with Gasteiger partial charge in [0, 0.05) is 18.1 Å². The van der Waals surface area contributed by atoms with Crippen LogP contribution < -0.4 is 26.6 Å². The van der Waals surface area contributed by atoms with Gasteiger partial charge < -0.3 is 21.5 Å². The lowest BCUT2D eigenvalue weighted by molar-refractivity contribution is 0.254. The van der Waals surface area contributed by atoms with Crippen molar-refractivity contribution in [3.8, 4) is 16.9 Å². The van der Waals surface area contributed by atoms with Crippen LogP contribution >= 0.6 is 0 Å². The molecule has 0 aliphatic heterocycles. The largest absolute Gasteiger partial charge is 0.505 e. The number of anilines is 2. The van der Waals surface area contributed by atoms with Crippen LogP contribution in [0.2, 0.25) is 0 Å². The van der Waals surface area contributed by atoms with Crippen molar-refractivity contribution in [2.45, 2.75) is 23.6 Å². The molecule has 0 radical (unpaired) electrons. The highest BCUT2D eigenvalue weighted by atomic mass is 32.2. The fraction of sp³-hybridized carbons (Fsp3) is 0.115. The Balaban J connectivity index is 1.73. The Labute approximate surface area is 236 Å². The summed E-state index contributed by atoms with van der Waals surface area (Å²) in [6, 6.07) is 14.1. The molecule has 2 amide bonds. The van der Waals surface area contributed by atoms with Crippen LogP contribution in [-0.4, -0.2) is 35.0 Å². The van der Waals surface area contributed by atoms with E-state index in [1.165, 1.54) is 19.2 Å². The second-order valence-electron chi connectivity index (χ2n) is 9.17. The third kappa shape index (κ3) is 5.97. The van der Waals surface area contributed by atoms with Crippen molar-refractivity contribution >= 4 is 59.6 Å². The van der Waals surface area contributed by atoms with Gasteiger partial charge in [0.1, 0.15) is 10.6 Å². The van der Waals surface area contributed by atoms with Gasteiger partial charge in [-0.05, 0) is 72.5 Å². The predicted molar refractivity (Wildman–Crippen MR) is 156 cm³/mol. The average Bonchev–Trinajstić information content (AvgIpc) is 2.88. The molecule has 0 heterocycles. The highest BCUT2D eigenvalue weighted by molar-refractivity contribution is 7.90. The summed E-state index contributed by atoms with van der Waals surface area (Å²) in [6.45, 7) is 3.70. The lowest BCUT2D eigenvalue weighted by Gasteiger charge is -2.14. The van der Waals surface area contributed by atoms with Gasteiger partial charge in [-0.15, -0.1) is 5.11 Å². The zero-order valence-corrected chi connectivity index (χ0v) is 23.8. The molecule has 0 saturated carbocycles. The summed E-state index contributed by atoms with van der Waals surface area (Å²) in [6.07, 6.45) is 0. The van der Waals surface area contributed by atoms with E-state index in [9.17, 15) is 26.7 Å². The predicted octanol–water partition coefficient (Wildman–Crippen LogP) is 3.87. The van der Waals surface area contributed by atoms with Crippen LogP contribution in [0, 0.1) is 13.8 Å². The van der Waals surface area contributed by atoms with Gasteiger partial charge in [0.05, 0.1) is 21.7 Å². The number of rotatable bonds is 6. The molecule has 214 valence electrons. The quantitative estimate of drug-likeness (QED) is 0.142. The van der Waals surface area contributed by atoms with Gasteiger partial charge in [0.25, 0.3) is 0 Å². The minimum Gasteiger partial charge on any atom is -0.505 e. The number of hydrogen-bond acceptors (Lipinski definition) is 9. The highest BCUT2D eigenvalue weighted by Gasteiger charge is 2.25. The van der Waals surface area contributed by atoms with Crippen molar-refractivity contribution < 1.29 is 26.7 Å². The molecule has 0 unspecified atom stereocenters. The Morgan fingerprint density at radius 2 is 1.37 bits per heavy atom. The van der Waals surface area contributed by atoms with E-state index < -0.39 is 41.3 Å². The van der Waals surface area contributed by atoms with Crippen LogP contribution in [0.1, 0.15) is 11.1 Å². The van der Waals surface area contributed by atoms with Crippen LogP contribution in [0.15, 0.2) is 74.6 Å². The zero-order chi connectivity index (χ0) is 30.3. The molecule has 41 heavy (non-hydrogen) atoms. The normalized spacial score (nSPS) is 12.1. The molecule has 0 aromatic heterocycles. The number of sulfonamides is 2. The van der Waals surface area contributed by atoms with E-state index in [0.717, 1.165) is 28.3 Å². The summed E-state index contributed by atoms with van der Waals surface area (Å²) in [5, 5.41) is 34.6. The number of nitrogens with zero attached hydrogens (tertiary/aromatic N) is 2. The van der Waals surface area contributed by atoms with E-state index in [1.807, 2.05) is 38.1 Å². The summed E-state index contributed by atoms with van der Waals surface area (Å²) in [4.78, 5) is 10.3. The van der Waals surface area contributed by atoms with E-state index in [4.69, 9.17) is 16.0 Å². The van der Waals surface area contributed by atoms with Crippen LogP contribution in [0.3, 0.4) is 0 Å². The molecule has 4 aromatic rings. The first kappa shape index (κ1) is 29.4. The number of carbonyl (C=O) groups excluding carboxylic acids is 1. The van der Waals surface area contributed by atoms with Crippen LogP contribution in [-0.2, 0) is 20.0 Å². The Morgan fingerprint density at radius 1 is 0.805 bits per heavy atom. The van der Waals surface area contributed by atoms with Gasteiger partial charge in [0.15, 0.2) is 5.75 Å². The maximum atomic E-state index is 12.2. The number of amides is 2. The summed E-state index contributed by atoms with van der Waals surface area (Å²) < 4.78 is 48.4. The second kappa shape index (κ2) is 10.8. The number of fused-ring (bicyclic) bond motifs is 1. The molecule has 4 rings (SSSR count). The molecular formula is C26H27N7O6S2. The Morgan fingerprint density at radius 3 is 1.93 bits per heavy atom. The SMILES string of the molecule is CNC(=O)Nc1ccc(-c2ccc(N=Nc3ccc4c(S(N)(=O)=O)cc(S(N)(=O)=O)c(N)c4c3O)c(C)c2)cc1C. The highest BCUT2D eigenvalue weighted by Crippen LogP contribution is 2.43. The van der Waals surface area contributed by atoms with Crippen molar-refractivity contribution in [3.63, 3.8) is 0 Å². The van der Waals surface area contributed by atoms with Gasteiger partial charge >= 0.3 is 6.03 Å². The molecule has 0 aliphatic rings. The number of aromatic hydroxyl groups is 1. The number of phenols is 1. The molecule has 0 bridgehead atoms. The number of primary sulfonamides is 2. The number of urea groups is 1. The summed E-state index contributed by atoms with van der Waals surface area (Å²) in [5.41, 5.74) is 10.0. The first-order chi connectivity index (χ1) is 19.1. The first-order valence-corrected chi connectivity index (χ1v) is 15.0. The van der Waals surface area contributed by atoms with E-state index in [0.29, 0.717) is 11.4 Å². The van der Waals surface area contributed by atoms with E-state index in [1.54, 1.807) is 12.1 Å². The number of carbonyl (C=O) groups is 1. The van der Waals surface area contributed by atoms with Gasteiger partial charge in [-0.1, -0.05) is 18.2 Å². The molecule has 0 fully saturated rings. The van der Waals surface area contributed by atoms with Crippen LogP contribution in [0.25, 0.3) is 21.9 Å². The number of nitrogen functional groups attached to an aromatic ring is 1. The number of azo groups is 1. The molecule has 4 aromatic carbocycles. The monoisotopic (exact) mass is 597 g/mol. The van der Waals surface area contributed by atoms with Gasteiger partial charge in [-0.25, -0.2) is 31.9 Å². The van der Waals surface area contributed by atoms with Crippen molar-refractivity contribution in [1.82, 2.24) is 5.32 Å². The number of benzene rings is 4. The van der Waals surface area contributed by atoms with Gasteiger partial charge in [0.2, 0.25) is 20.0 Å². The zero-order valence-electron chi connectivity index (χ0n) is 22.1. The summed E-state index contributed by atoms with van der Waals surface area (Å²) >= 11 is 0. The van der Waals surface area contributed by atoms with Crippen molar-refractivity contribution in [3.05, 3.63) is 65.7 Å². The standard InChI is InChI=1S/C26H27N7O6S2/c1-13-10-15(4-7-18(13)31-26(35)30-3)16-5-8-19(14(2)11-16)32-33-20-9-6-17-21(40(28,36)37)12-22(41(29,38)39)24(27)23(17)25(20)34/h4-12,34H,27H2,1-3H3,(H2,28,36,37)(H2,29,38,39)(H2,30,31,35). The van der Waals surface area contributed by atoms with Crippen molar-refractivity contribution in [2.24, 2.45) is 20.5 Å². The lowest BCUT2D eigenvalue weighted by Crippen LogP contribution is -2.24. The molecule has 9 N–H and O–H groups in total. The Kier molecular flexibility index (Phi) is 7.73. The lowest BCUT2D eigenvalue weighted by atomic mass is 10.00. The Hall–Kier alpha value is -4.57. The minimum absolute atomic E-state index is 0.102. The first-order valence-electron chi connectivity index (χ1n) is 11.9. The van der Waals surface area contributed by atoms with E-state index in [2.05, 4.69) is 20.9 Å². The fourth-order valence-corrected chi connectivity index (χ4v) is 5.75. The number of nitrogens with two attached hydrogens (primary N) is 3. The maximum Gasteiger partial charge on any atom is 0.318 e. The van der Waals surface area contributed by atoms with Crippen LogP contribution in [0.4, 0.5) is 27.5 Å². The third-order valence-electron chi connectivity index (χ3n) is 6.33. The fourth-order valence-electron chi connectivity index (χ4n) is 4.23. The molecule has 0 aliphatic carbocycles. The Bertz CT molecular complexity index is 1970. The van der Waals surface area contributed by atoms with Crippen molar-refractivity contribution in [2.75, 3.05) is 18.1 Å². The van der Waals surface area contributed by atoms with E-state index in [-0.39, 0.29) is 22.5 Å². The average molecular weight is 598 g/mol. The molecule has 15 heteroatoms. The summed E-state index contributed by atoms with van der Waals surface area (Å²) in [7, 11) is -7.36. The van der Waals surface area contributed by atoms with Gasteiger partial charge in [-0.3, -0.25) is 0 Å². The van der Waals surface area contributed by atoms with E-state index >= 15 is 0 Å². The third-order valence-corrected chi connectivity index (χ3v) is 8.23. The summed E-state index contributed by atoms with van der Waals surface area (Å²) in [5.74, 6) is -0.602. The molecular weight excluding hydrogens is 570 g/mol. The smallest absolute Gasteiger partial charge is 0.318 e. The molecule has 0 atom stereocenters. The van der Waals surface area contributed by atoms with Crippen LogP contribution in [0.5, 0.6) is 5.75 Å². The number of hydrogen-bond donors (Lipinski definition) is 6. The number of nitrogens with one attached hydrogen (secondary N) is 2. The number of aryl methyl sites for hydroxylation is 2. The van der Waals surface area contributed by atoms with Crippen molar-refractivity contribution in [1.29, 1.82) is 0 Å². The molecule has 13 nitrogen and oxygen atoms in total. The van der Waals surface area contributed by atoms with Gasteiger partial charge in [-0.2, -0.15) is 5.11 Å². The molecule has 0 saturated heterocycles. The topological polar surface area (TPSA) is 232 Å². The second-order valence-corrected chi connectivity index (χ2v) is 12.2. The minimum atomic E-state index is -4.47. The molecule has 0 spiro atoms.